The van der Waals surface area contributed by atoms with Crippen molar-refractivity contribution in [1.29, 1.82) is 0 Å². The van der Waals surface area contributed by atoms with Crippen molar-refractivity contribution in [2.24, 2.45) is 0 Å². The molecule has 2 N–H and O–H groups in total. The summed E-state index contributed by atoms with van der Waals surface area (Å²) in [4.78, 5) is 11.4. The highest BCUT2D eigenvalue weighted by Crippen LogP contribution is 2.18. The second-order valence-electron chi connectivity index (χ2n) is 5.58. The van der Waals surface area contributed by atoms with Crippen LogP contribution < -0.4 is 10.6 Å². The Hall–Kier alpha value is -1.87. The predicted octanol–water partition coefficient (Wildman–Crippen LogP) is 2.69. The fourth-order valence-electron chi connectivity index (χ4n) is 2.21. The van der Waals surface area contributed by atoms with Gasteiger partial charge in [-0.25, -0.2) is 0 Å². The Balaban J connectivity index is 1.66. The van der Waals surface area contributed by atoms with Gasteiger partial charge in [0.15, 0.2) is 0 Å². The largest absolute Gasteiger partial charge is 0.350 e. The van der Waals surface area contributed by atoms with Gasteiger partial charge in [-0.3, -0.25) is 4.79 Å². The number of carbonyl (C=O) groups excluding carboxylic acids is 1. The van der Waals surface area contributed by atoms with Crippen LogP contribution in [0.1, 0.15) is 30.9 Å². The van der Waals surface area contributed by atoms with E-state index in [0.29, 0.717) is 12.6 Å². The zero-order valence-electron chi connectivity index (χ0n) is 12.7. The molecule has 1 aromatic rings. The summed E-state index contributed by atoms with van der Waals surface area (Å²) in [6.45, 7) is 7.65. The third-order valence-electron chi connectivity index (χ3n) is 3.50. The highest BCUT2D eigenvalue weighted by Gasteiger charge is 2.21. The number of hydrogen-bond acceptors (Lipinski definition) is 2. The molecular weight excluding hydrogens is 260 g/mol. The molecule has 2 rings (SSSR count). The number of amides is 1. The maximum absolute atomic E-state index is 11.4. The van der Waals surface area contributed by atoms with Gasteiger partial charge in [-0.2, -0.15) is 0 Å². The maximum Gasteiger partial charge on any atom is 0.243 e. The molecule has 0 aromatic heterocycles. The summed E-state index contributed by atoms with van der Waals surface area (Å²) in [5.41, 5.74) is 3.65. The Morgan fingerprint density at radius 2 is 2.14 bits per heavy atom. The Morgan fingerprint density at radius 3 is 2.86 bits per heavy atom. The van der Waals surface area contributed by atoms with E-state index in [2.05, 4.69) is 35.4 Å². The van der Waals surface area contributed by atoms with Gasteiger partial charge in [0.05, 0.1) is 0 Å². The summed E-state index contributed by atoms with van der Waals surface area (Å²) in [5, 5.41) is 6.26. The number of rotatable bonds is 8. The molecule has 3 heteroatoms. The molecule has 0 saturated heterocycles. The van der Waals surface area contributed by atoms with Crippen LogP contribution in [-0.2, 0) is 11.2 Å². The van der Waals surface area contributed by atoms with Crippen LogP contribution in [0.5, 0.6) is 0 Å². The molecule has 0 heterocycles. The van der Waals surface area contributed by atoms with Crippen LogP contribution in [0, 0.1) is 0 Å². The van der Waals surface area contributed by atoms with Gasteiger partial charge in [0, 0.05) is 18.7 Å². The molecule has 0 bridgehead atoms. The minimum atomic E-state index is 0.0203. The first-order valence-electron chi connectivity index (χ1n) is 7.58. The second-order valence-corrected chi connectivity index (χ2v) is 5.58. The second kappa shape index (κ2) is 7.79. The Morgan fingerprint density at radius 1 is 1.38 bits per heavy atom. The summed E-state index contributed by atoms with van der Waals surface area (Å²) in [5.74, 6) is 0.0203. The van der Waals surface area contributed by atoms with Crippen LogP contribution in [0.25, 0.3) is 5.57 Å². The van der Waals surface area contributed by atoms with E-state index in [-0.39, 0.29) is 5.91 Å². The third kappa shape index (κ3) is 5.56. The van der Waals surface area contributed by atoms with E-state index in [9.17, 15) is 4.79 Å². The van der Waals surface area contributed by atoms with E-state index in [1.165, 1.54) is 11.1 Å². The molecule has 0 radical (unpaired) electrons. The van der Waals surface area contributed by atoms with Crippen LogP contribution in [0.2, 0.25) is 0 Å². The van der Waals surface area contributed by atoms with Gasteiger partial charge in [-0.05, 0) is 43.9 Å². The number of nitrogens with one attached hydrogen (secondary N) is 2. The molecule has 1 fully saturated rings. The average molecular weight is 284 g/mol. The van der Waals surface area contributed by atoms with Crippen molar-refractivity contribution >= 4 is 11.5 Å². The van der Waals surface area contributed by atoms with Crippen LogP contribution in [0.15, 0.2) is 43.0 Å². The van der Waals surface area contributed by atoms with Gasteiger partial charge in [-0.15, -0.1) is 0 Å². The van der Waals surface area contributed by atoms with Crippen molar-refractivity contribution in [3.05, 3.63) is 54.1 Å². The van der Waals surface area contributed by atoms with Crippen LogP contribution in [0.3, 0.4) is 0 Å². The van der Waals surface area contributed by atoms with Crippen molar-refractivity contribution in [2.45, 2.75) is 32.2 Å². The zero-order chi connectivity index (χ0) is 15.1. The van der Waals surface area contributed by atoms with Crippen molar-refractivity contribution in [3.8, 4) is 0 Å². The molecule has 1 aliphatic rings. The van der Waals surface area contributed by atoms with Crippen molar-refractivity contribution in [2.75, 3.05) is 13.1 Å². The molecule has 1 aliphatic carbocycles. The number of hydrogen-bond donors (Lipinski definition) is 2. The molecule has 0 atom stereocenters. The van der Waals surface area contributed by atoms with Crippen LogP contribution >= 0.6 is 0 Å². The summed E-state index contributed by atoms with van der Waals surface area (Å²) >= 11 is 0. The summed E-state index contributed by atoms with van der Waals surface area (Å²) in [6.07, 6.45) is 6.71. The number of benzene rings is 1. The molecule has 112 valence electrons. The Labute approximate surface area is 127 Å². The lowest BCUT2D eigenvalue weighted by atomic mass is 10.00. The van der Waals surface area contributed by atoms with Crippen molar-refractivity contribution in [1.82, 2.24) is 10.6 Å². The topological polar surface area (TPSA) is 41.1 Å². The van der Waals surface area contributed by atoms with Gasteiger partial charge in [-0.1, -0.05) is 42.5 Å². The van der Waals surface area contributed by atoms with Crippen LogP contribution in [0.4, 0.5) is 0 Å². The number of carbonyl (C=O) groups is 1. The minimum absolute atomic E-state index is 0.0203. The van der Waals surface area contributed by atoms with Gasteiger partial charge in [0.1, 0.15) is 0 Å². The van der Waals surface area contributed by atoms with Gasteiger partial charge in [0.2, 0.25) is 5.91 Å². The first kappa shape index (κ1) is 15.5. The standard InChI is InChI=1S/C18H24N2O/c1-14(2)17-7-4-3-6-15(17)11-13-19-12-5-8-18(21)20-16-9-10-16/h3-8,16,19H,1,9-13H2,2H3,(H,20,21)/b8-5+. The molecule has 0 spiro atoms. The lowest BCUT2D eigenvalue weighted by Crippen LogP contribution is -2.23. The summed E-state index contributed by atoms with van der Waals surface area (Å²) in [6, 6.07) is 8.78. The molecule has 0 aliphatic heterocycles. The summed E-state index contributed by atoms with van der Waals surface area (Å²) in [7, 11) is 0. The van der Waals surface area contributed by atoms with Gasteiger partial charge >= 0.3 is 0 Å². The molecule has 0 unspecified atom stereocenters. The average Bonchev–Trinajstić information content (AvgIpc) is 3.26. The van der Waals surface area contributed by atoms with Gasteiger partial charge in [0.25, 0.3) is 0 Å². The monoisotopic (exact) mass is 284 g/mol. The minimum Gasteiger partial charge on any atom is -0.350 e. The van der Waals surface area contributed by atoms with Gasteiger partial charge < -0.3 is 10.6 Å². The quantitative estimate of drug-likeness (QED) is 0.569. The van der Waals surface area contributed by atoms with Crippen LogP contribution in [-0.4, -0.2) is 25.0 Å². The Bertz CT molecular complexity index is 530. The van der Waals surface area contributed by atoms with Crippen molar-refractivity contribution in [3.63, 3.8) is 0 Å². The lowest BCUT2D eigenvalue weighted by molar-refractivity contribution is -0.116. The van der Waals surface area contributed by atoms with Crippen molar-refractivity contribution < 1.29 is 4.79 Å². The highest BCUT2D eigenvalue weighted by molar-refractivity contribution is 5.87. The molecule has 1 saturated carbocycles. The molecule has 21 heavy (non-hydrogen) atoms. The Kier molecular flexibility index (Phi) is 5.76. The van der Waals surface area contributed by atoms with E-state index in [0.717, 1.165) is 31.4 Å². The predicted molar refractivity (Wildman–Crippen MR) is 88.0 cm³/mol. The fraction of sp³-hybridized carbons (Fsp3) is 0.389. The lowest BCUT2D eigenvalue weighted by Gasteiger charge is -2.09. The van der Waals surface area contributed by atoms with E-state index in [1.54, 1.807) is 6.08 Å². The molecule has 3 nitrogen and oxygen atoms in total. The third-order valence-corrected chi connectivity index (χ3v) is 3.50. The normalized spacial score (nSPS) is 14.3. The molecule has 1 amide bonds. The van der Waals surface area contributed by atoms with E-state index in [1.807, 2.05) is 19.1 Å². The first-order valence-corrected chi connectivity index (χ1v) is 7.58. The zero-order valence-corrected chi connectivity index (χ0v) is 12.7. The van der Waals surface area contributed by atoms with E-state index >= 15 is 0 Å². The fourth-order valence-corrected chi connectivity index (χ4v) is 2.21. The smallest absolute Gasteiger partial charge is 0.243 e. The van der Waals surface area contributed by atoms with E-state index < -0.39 is 0 Å². The maximum atomic E-state index is 11.4. The highest BCUT2D eigenvalue weighted by atomic mass is 16.1. The first-order chi connectivity index (χ1) is 10.2. The van der Waals surface area contributed by atoms with E-state index in [4.69, 9.17) is 0 Å². The number of allylic oxidation sites excluding steroid dienone is 1. The summed E-state index contributed by atoms with van der Waals surface area (Å²) < 4.78 is 0. The molecular formula is C18H24N2O. The SMILES string of the molecule is C=C(C)c1ccccc1CCNC/C=C/C(=O)NC1CC1. The molecule has 1 aromatic carbocycles.